The Hall–Kier alpha value is -4.76. The van der Waals surface area contributed by atoms with Gasteiger partial charge in [0.2, 0.25) is 23.6 Å². The SMILES string of the molecule is COc1cc2ccccc2cc1C1=NC(C(=O)c2cccnc2)=NC(C(=O)c2cccnc2)N1N. The summed E-state index contributed by atoms with van der Waals surface area (Å²) in [6.45, 7) is 0. The van der Waals surface area contributed by atoms with Gasteiger partial charge in [0.15, 0.2) is 5.84 Å². The highest BCUT2D eigenvalue weighted by Crippen LogP contribution is 2.29. The molecule has 35 heavy (non-hydrogen) atoms. The fourth-order valence-corrected chi connectivity index (χ4v) is 3.82. The number of carbonyl (C=O) groups is 2. The summed E-state index contributed by atoms with van der Waals surface area (Å²) >= 11 is 0. The van der Waals surface area contributed by atoms with Crippen molar-refractivity contribution in [2.24, 2.45) is 15.8 Å². The lowest BCUT2D eigenvalue weighted by atomic mass is 10.0. The minimum atomic E-state index is -1.24. The molecule has 0 spiro atoms. The predicted molar refractivity (Wildman–Crippen MR) is 131 cm³/mol. The number of nitrogens with two attached hydrogens (primary N) is 1. The van der Waals surface area contributed by atoms with E-state index in [2.05, 4.69) is 20.0 Å². The second kappa shape index (κ2) is 9.24. The first-order valence-electron chi connectivity index (χ1n) is 10.7. The third kappa shape index (κ3) is 4.16. The maximum atomic E-state index is 13.4. The lowest BCUT2D eigenvalue weighted by Crippen LogP contribution is -2.52. The van der Waals surface area contributed by atoms with Crippen molar-refractivity contribution in [3.63, 3.8) is 0 Å². The summed E-state index contributed by atoms with van der Waals surface area (Å²) in [5.74, 6) is 6.04. The second-order valence-electron chi connectivity index (χ2n) is 7.75. The molecule has 1 aliphatic rings. The molecule has 0 aliphatic carbocycles. The van der Waals surface area contributed by atoms with Crippen molar-refractivity contribution in [2.75, 3.05) is 7.11 Å². The van der Waals surface area contributed by atoms with Crippen LogP contribution >= 0.6 is 0 Å². The summed E-state index contributed by atoms with van der Waals surface area (Å²) in [5.41, 5.74) is 1.11. The topological polar surface area (TPSA) is 123 Å². The molecule has 1 unspecified atom stereocenters. The average molecular weight is 464 g/mol. The number of amidine groups is 2. The highest BCUT2D eigenvalue weighted by molar-refractivity contribution is 6.47. The van der Waals surface area contributed by atoms with Gasteiger partial charge in [-0.05, 0) is 47.2 Å². The Morgan fingerprint density at radius 3 is 2.20 bits per heavy atom. The standard InChI is InChI=1S/C26H20N6O3/c1-35-21-13-17-7-3-2-6-16(17)12-20(21)25-30-24(22(33)18-8-4-10-28-14-18)31-26(32(25)27)23(34)19-9-5-11-29-15-19/h2-15,26H,27H2,1H3. The molecule has 5 rings (SSSR count). The molecule has 0 amide bonds. The van der Waals surface area contributed by atoms with Gasteiger partial charge in [0.05, 0.1) is 12.7 Å². The van der Waals surface area contributed by atoms with Crippen molar-refractivity contribution in [1.82, 2.24) is 15.0 Å². The van der Waals surface area contributed by atoms with Crippen molar-refractivity contribution in [3.8, 4) is 5.75 Å². The fraction of sp³-hybridized carbons (Fsp3) is 0.0769. The number of pyridine rings is 2. The molecule has 0 radical (unpaired) electrons. The van der Waals surface area contributed by atoms with E-state index < -0.39 is 17.7 Å². The van der Waals surface area contributed by atoms with Gasteiger partial charge in [-0.1, -0.05) is 24.3 Å². The zero-order valence-corrected chi connectivity index (χ0v) is 18.7. The van der Waals surface area contributed by atoms with Crippen LogP contribution in [-0.2, 0) is 0 Å². The van der Waals surface area contributed by atoms with Gasteiger partial charge >= 0.3 is 0 Å². The summed E-state index contributed by atoms with van der Waals surface area (Å²) in [5, 5.41) is 3.02. The van der Waals surface area contributed by atoms with Gasteiger partial charge in [0.25, 0.3) is 0 Å². The molecule has 2 aromatic carbocycles. The monoisotopic (exact) mass is 464 g/mol. The number of hydrogen-bond acceptors (Lipinski definition) is 9. The van der Waals surface area contributed by atoms with E-state index in [1.165, 1.54) is 19.5 Å². The van der Waals surface area contributed by atoms with E-state index >= 15 is 0 Å². The summed E-state index contributed by atoms with van der Waals surface area (Å²) in [7, 11) is 1.53. The Kier molecular flexibility index (Phi) is 5.82. The number of carbonyl (C=O) groups excluding carboxylic acids is 2. The molecule has 0 saturated carbocycles. The maximum Gasteiger partial charge on any atom is 0.231 e. The van der Waals surface area contributed by atoms with Gasteiger partial charge in [-0.15, -0.1) is 0 Å². The van der Waals surface area contributed by atoms with E-state index in [-0.39, 0.29) is 17.2 Å². The van der Waals surface area contributed by atoms with Gasteiger partial charge in [-0.25, -0.2) is 15.8 Å². The van der Waals surface area contributed by atoms with Crippen LogP contribution in [0.15, 0.2) is 95.4 Å². The molecule has 0 bridgehead atoms. The summed E-state index contributed by atoms with van der Waals surface area (Å²) in [6.07, 6.45) is 4.73. The first-order chi connectivity index (χ1) is 17.1. The maximum absolute atomic E-state index is 13.4. The highest BCUT2D eigenvalue weighted by Gasteiger charge is 2.35. The third-order valence-electron chi connectivity index (χ3n) is 5.58. The summed E-state index contributed by atoms with van der Waals surface area (Å²) in [4.78, 5) is 43.5. The van der Waals surface area contributed by atoms with Gasteiger partial charge in [0, 0.05) is 35.9 Å². The number of methoxy groups -OCH3 is 1. The lowest BCUT2D eigenvalue weighted by molar-refractivity contribution is 0.0891. The Balaban J connectivity index is 1.67. The molecule has 172 valence electrons. The lowest BCUT2D eigenvalue weighted by Gasteiger charge is -2.30. The largest absolute Gasteiger partial charge is 0.496 e. The first kappa shape index (κ1) is 22.1. The van der Waals surface area contributed by atoms with E-state index in [9.17, 15) is 9.59 Å². The van der Waals surface area contributed by atoms with Crippen LogP contribution in [0.5, 0.6) is 5.75 Å². The number of rotatable bonds is 6. The molecule has 3 heterocycles. The zero-order valence-electron chi connectivity index (χ0n) is 18.7. The van der Waals surface area contributed by atoms with E-state index in [4.69, 9.17) is 10.6 Å². The Morgan fingerprint density at radius 2 is 1.57 bits per heavy atom. The fourth-order valence-electron chi connectivity index (χ4n) is 3.82. The van der Waals surface area contributed by atoms with Gasteiger partial charge < -0.3 is 4.74 Å². The van der Waals surface area contributed by atoms with E-state index in [0.29, 0.717) is 16.9 Å². The number of aliphatic imine (C=N–C) groups is 2. The minimum Gasteiger partial charge on any atom is -0.496 e. The molecule has 2 aromatic heterocycles. The number of aromatic nitrogens is 2. The third-order valence-corrected chi connectivity index (χ3v) is 5.58. The molecule has 1 aliphatic heterocycles. The van der Waals surface area contributed by atoms with Crippen molar-refractivity contribution in [3.05, 3.63) is 102 Å². The summed E-state index contributed by atoms with van der Waals surface area (Å²) < 4.78 is 5.62. The Labute approximate surface area is 200 Å². The Morgan fingerprint density at radius 1 is 0.914 bits per heavy atom. The molecule has 4 aromatic rings. The number of nitrogens with zero attached hydrogens (tertiary/aromatic N) is 5. The molecule has 9 nitrogen and oxygen atoms in total. The van der Waals surface area contributed by atoms with Crippen LogP contribution in [-0.4, -0.2) is 51.5 Å². The van der Waals surface area contributed by atoms with Crippen LogP contribution in [0.1, 0.15) is 26.3 Å². The molecular weight excluding hydrogens is 444 g/mol. The summed E-state index contributed by atoms with van der Waals surface area (Å²) in [6, 6.07) is 18.0. The molecule has 0 fully saturated rings. The van der Waals surface area contributed by atoms with Crippen LogP contribution in [0.25, 0.3) is 10.8 Å². The normalized spacial score (nSPS) is 15.4. The van der Waals surface area contributed by atoms with Gasteiger partial charge in [0.1, 0.15) is 5.75 Å². The average Bonchev–Trinajstić information content (AvgIpc) is 2.92. The zero-order chi connectivity index (χ0) is 24.4. The number of hydrogen-bond donors (Lipinski definition) is 1. The predicted octanol–water partition coefficient (Wildman–Crippen LogP) is 3.06. The van der Waals surface area contributed by atoms with Crippen LogP contribution < -0.4 is 10.6 Å². The highest BCUT2D eigenvalue weighted by atomic mass is 16.5. The van der Waals surface area contributed by atoms with Gasteiger partial charge in [-0.2, -0.15) is 0 Å². The first-order valence-corrected chi connectivity index (χ1v) is 10.7. The number of ether oxygens (including phenoxy) is 1. The van der Waals surface area contributed by atoms with E-state index in [1.807, 2.05) is 36.4 Å². The number of benzene rings is 2. The van der Waals surface area contributed by atoms with Gasteiger partial charge in [-0.3, -0.25) is 24.6 Å². The molecule has 9 heteroatoms. The smallest absolute Gasteiger partial charge is 0.231 e. The second-order valence-corrected chi connectivity index (χ2v) is 7.75. The number of ketones is 2. The van der Waals surface area contributed by atoms with E-state index in [1.54, 1.807) is 36.7 Å². The Bertz CT molecular complexity index is 1490. The quantitative estimate of drug-likeness (QED) is 0.344. The number of hydrazine groups is 1. The van der Waals surface area contributed by atoms with Crippen molar-refractivity contribution < 1.29 is 14.3 Å². The number of fused-ring (bicyclic) bond motifs is 1. The van der Waals surface area contributed by atoms with E-state index in [0.717, 1.165) is 15.8 Å². The molecule has 1 atom stereocenters. The number of Topliss-reactive ketones (excluding diaryl/α,β-unsaturated/α-hetero) is 2. The van der Waals surface area contributed by atoms with Crippen LogP contribution in [0, 0.1) is 0 Å². The van der Waals surface area contributed by atoms with Crippen molar-refractivity contribution in [1.29, 1.82) is 0 Å². The molecule has 2 N–H and O–H groups in total. The molecule has 0 saturated heterocycles. The minimum absolute atomic E-state index is 0.160. The van der Waals surface area contributed by atoms with Crippen molar-refractivity contribution >= 4 is 34.0 Å². The van der Waals surface area contributed by atoms with Crippen LogP contribution in [0.4, 0.5) is 0 Å². The van der Waals surface area contributed by atoms with Crippen LogP contribution in [0.3, 0.4) is 0 Å². The van der Waals surface area contributed by atoms with Crippen LogP contribution in [0.2, 0.25) is 0 Å². The van der Waals surface area contributed by atoms with Crippen molar-refractivity contribution in [2.45, 2.75) is 6.17 Å². The molecular formula is C26H20N6O3.